The first kappa shape index (κ1) is 22.2. The molecule has 0 unspecified atom stereocenters. The fraction of sp³-hybridized carbons (Fsp3) is 0.400. The maximum absolute atomic E-state index is 14.4. The molecule has 0 fully saturated rings. The number of carbonyl (C=O) groups is 1. The lowest BCUT2D eigenvalue weighted by molar-refractivity contribution is 0.00647. The number of benzene rings is 1. The first-order chi connectivity index (χ1) is 13.0. The molecule has 0 atom stereocenters. The number of hydrogen-bond acceptors (Lipinski definition) is 5. The van der Waals surface area contributed by atoms with Crippen LogP contribution in [-0.2, 0) is 4.74 Å². The lowest BCUT2D eigenvalue weighted by Crippen LogP contribution is -2.24. The van der Waals surface area contributed by atoms with Gasteiger partial charge in [0.15, 0.2) is 0 Å². The molecule has 0 aliphatic rings. The molecule has 152 valence electrons. The van der Waals surface area contributed by atoms with Crippen LogP contribution in [0, 0.1) is 11.7 Å². The van der Waals surface area contributed by atoms with Crippen LogP contribution < -0.4 is 9.47 Å². The zero-order valence-corrected chi connectivity index (χ0v) is 17.8. The van der Waals surface area contributed by atoms with E-state index in [0.717, 1.165) is 12.1 Å². The molecule has 28 heavy (non-hydrogen) atoms. The largest absolute Gasteiger partial charge is 0.476 e. The van der Waals surface area contributed by atoms with Gasteiger partial charge in [-0.1, -0.05) is 37.0 Å². The van der Waals surface area contributed by atoms with Crippen LogP contribution in [-0.4, -0.2) is 23.2 Å². The number of nitrogens with zero attached hydrogens (tertiary/aromatic N) is 1. The molecule has 0 aliphatic heterocycles. The van der Waals surface area contributed by atoms with Crippen molar-refractivity contribution in [2.24, 2.45) is 5.92 Å². The summed E-state index contributed by atoms with van der Waals surface area (Å²) in [5, 5.41) is 0.290. The lowest BCUT2D eigenvalue weighted by Gasteiger charge is -2.20. The zero-order chi connectivity index (χ0) is 21.1. The van der Waals surface area contributed by atoms with Crippen LogP contribution in [0.5, 0.6) is 17.4 Å². The number of rotatable bonds is 6. The first-order valence-corrected chi connectivity index (χ1v) is 9.40. The van der Waals surface area contributed by atoms with Crippen molar-refractivity contribution in [1.82, 2.24) is 4.98 Å². The quantitative estimate of drug-likeness (QED) is 0.503. The number of pyridine rings is 1. The Bertz CT molecular complexity index is 866. The van der Waals surface area contributed by atoms with Crippen molar-refractivity contribution in [3.63, 3.8) is 0 Å². The molecule has 0 bridgehead atoms. The SMILES string of the molecule is CC(C)COc1ncc(Oc2cc(F)c(C(=O)OC(C)(C)C)cc2Cl)cc1Cl. The van der Waals surface area contributed by atoms with E-state index in [1.807, 2.05) is 13.8 Å². The number of halogens is 3. The normalized spacial score (nSPS) is 11.5. The van der Waals surface area contributed by atoms with Gasteiger partial charge in [0.25, 0.3) is 0 Å². The third-order valence-corrected chi connectivity index (χ3v) is 3.77. The van der Waals surface area contributed by atoms with Gasteiger partial charge in [-0.3, -0.25) is 0 Å². The zero-order valence-electron chi connectivity index (χ0n) is 16.3. The second kappa shape index (κ2) is 8.97. The van der Waals surface area contributed by atoms with E-state index in [-0.39, 0.29) is 33.0 Å². The standard InChI is InChI=1S/C20H22Cl2FNO4/c1-11(2)10-26-18-15(22)6-12(9-24-18)27-17-8-16(23)13(7-14(17)21)19(25)28-20(3,4)5/h6-9,11H,10H2,1-5H3. The van der Waals surface area contributed by atoms with Crippen LogP contribution in [0.2, 0.25) is 10.0 Å². The summed E-state index contributed by atoms with van der Waals surface area (Å²) < 4.78 is 30.6. The van der Waals surface area contributed by atoms with Crippen molar-refractivity contribution in [2.45, 2.75) is 40.2 Å². The van der Waals surface area contributed by atoms with E-state index in [4.69, 9.17) is 37.4 Å². The number of esters is 1. The van der Waals surface area contributed by atoms with Gasteiger partial charge in [-0.05, 0) is 32.8 Å². The smallest absolute Gasteiger partial charge is 0.341 e. The second-order valence-corrected chi connectivity index (χ2v) is 8.34. The Hall–Kier alpha value is -2.05. The molecular formula is C20H22Cl2FNO4. The third kappa shape index (κ3) is 6.24. The van der Waals surface area contributed by atoms with Crippen LogP contribution in [0.15, 0.2) is 24.4 Å². The van der Waals surface area contributed by atoms with Crippen molar-refractivity contribution < 1.29 is 23.4 Å². The molecule has 1 aromatic heterocycles. The third-order valence-electron chi connectivity index (χ3n) is 3.20. The Kier molecular flexibility index (Phi) is 7.12. The molecule has 0 saturated heterocycles. The average molecular weight is 430 g/mol. The molecule has 5 nitrogen and oxygen atoms in total. The minimum atomic E-state index is -0.815. The molecule has 2 rings (SSSR count). The van der Waals surface area contributed by atoms with Gasteiger partial charge in [-0.2, -0.15) is 0 Å². The van der Waals surface area contributed by atoms with Gasteiger partial charge in [-0.25, -0.2) is 14.2 Å². The molecule has 0 N–H and O–H groups in total. The summed E-state index contributed by atoms with van der Waals surface area (Å²) in [4.78, 5) is 16.2. The van der Waals surface area contributed by atoms with E-state index in [1.165, 1.54) is 12.3 Å². The van der Waals surface area contributed by atoms with E-state index in [9.17, 15) is 9.18 Å². The number of hydrogen-bond donors (Lipinski definition) is 0. The van der Waals surface area contributed by atoms with Gasteiger partial charge in [-0.15, -0.1) is 0 Å². The molecule has 0 radical (unpaired) electrons. The van der Waals surface area contributed by atoms with Gasteiger partial charge in [0.05, 0.1) is 23.4 Å². The Morgan fingerprint density at radius 3 is 2.43 bits per heavy atom. The van der Waals surface area contributed by atoms with Crippen molar-refractivity contribution >= 4 is 29.2 Å². The molecule has 0 saturated carbocycles. The van der Waals surface area contributed by atoms with Crippen LogP contribution in [0.4, 0.5) is 4.39 Å². The maximum Gasteiger partial charge on any atom is 0.341 e. The van der Waals surface area contributed by atoms with Crippen molar-refractivity contribution in [2.75, 3.05) is 6.61 Å². The van der Waals surface area contributed by atoms with Crippen LogP contribution in [0.1, 0.15) is 45.0 Å². The van der Waals surface area contributed by atoms with Crippen molar-refractivity contribution in [3.05, 3.63) is 45.8 Å². The molecule has 1 heterocycles. The van der Waals surface area contributed by atoms with E-state index >= 15 is 0 Å². The number of aromatic nitrogens is 1. The van der Waals surface area contributed by atoms with Gasteiger partial charge >= 0.3 is 5.97 Å². The lowest BCUT2D eigenvalue weighted by atomic mass is 10.1. The predicted octanol–water partition coefficient (Wildman–Crippen LogP) is 6.31. The topological polar surface area (TPSA) is 57.7 Å². The van der Waals surface area contributed by atoms with Crippen LogP contribution >= 0.6 is 23.2 Å². The minimum absolute atomic E-state index is 0.0141. The molecule has 2 aromatic rings. The summed E-state index contributed by atoms with van der Waals surface area (Å²) >= 11 is 12.3. The van der Waals surface area contributed by atoms with Gasteiger partial charge < -0.3 is 14.2 Å². The molecule has 0 spiro atoms. The fourth-order valence-corrected chi connectivity index (χ4v) is 2.45. The molecule has 8 heteroatoms. The van der Waals surface area contributed by atoms with E-state index in [1.54, 1.807) is 20.8 Å². The monoisotopic (exact) mass is 429 g/mol. The van der Waals surface area contributed by atoms with Gasteiger partial charge in [0.1, 0.15) is 27.9 Å². The Morgan fingerprint density at radius 1 is 1.18 bits per heavy atom. The highest BCUT2D eigenvalue weighted by molar-refractivity contribution is 6.32. The van der Waals surface area contributed by atoms with Crippen molar-refractivity contribution in [3.8, 4) is 17.4 Å². The maximum atomic E-state index is 14.4. The van der Waals surface area contributed by atoms with E-state index in [0.29, 0.717) is 12.5 Å². The highest BCUT2D eigenvalue weighted by Gasteiger charge is 2.23. The second-order valence-electron chi connectivity index (χ2n) is 7.53. The van der Waals surface area contributed by atoms with E-state index in [2.05, 4.69) is 4.98 Å². The summed E-state index contributed by atoms with van der Waals surface area (Å²) in [7, 11) is 0. The first-order valence-electron chi connectivity index (χ1n) is 8.65. The average Bonchev–Trinajstić information content (AvgIpc) is 2.55. The molecule has 1 aromatic carbocycles. The minimum Gasteiger partial charge on any atom is -0.476 e. The van der Waals surface area contributed by atoms with Crippen LogP contribution in [0.25, 0.3) is 0 Å². The predicted molar refractivity (Wildman–Crippen MR) is 106 cm³/mol. The molecule has 0 amide bonds. The Morgan fingerprint density at radius 2 is 1.86 bits per heavy atom. The highest BCUT2D eigenvalue weighted by Crippen LogP contribution is 2.34. The van der Waals surface area contributed by atoms with E-state index < -0.39 is 17.4 Å². The summed E-state index contributed by atoms with van der Waals surface area (Å²) in [5.74, 6) is -0.771. The summed E-state index contributed by atoms with van der Waals surface area (Å²) in [6, 6.07) is 3.66. The Labute approximate surface area is 173 Å². The summed E-state index contributed by atoms with van der Waals surface area (Å²) in [6.45, 7) is 9.54. The van der Waals surface area contributed by atoms with Crippen molar-refractivity contribution in [1.29, 1.82) is 0 Å². The van der Waals surface area contributed by atoms with Gasteiger partial charge in [0.2, 0.25) is 5.88 Å². The molecular weight excluding hydrogens is 408 g/mol. The van der Waals surface area contributed by atoms with Gasteiger partial charge in [0, 0.05) is 12.1 Å². The summed E-state index contributed by atoms with van der Waals surface area (Å²) in [6.07, 6.45) is 1.39. The number of carbonyl (C=O) groups excluding carboxylic acids is 1. The highest BCUT2D eigenvalue weighted by atomic mass is 35.5. The number of ether oxygens (including phenoxy) is 3. The molecule has 0 aliphatic carbocycles. The fourth-order valence-electron chi connectivity index (χ4n) is 2.04. The summed E-state index contributed by atoms with van der Waals surface area (Å²) in [5.41, 5.74) is -1.03. The Balaban J connectivity index is 2.20. The van der Waals surface area contributed by atoms with Crippen LogP contribution in [0.3, 0.4) is 0 Å².